The summed E-state index contributed by atoms with van der Waals surface area (Å²) in [5.74, 6) is -0.112. The zero-order valence-corrected chi connectivity index (χ0v) is 11.1. The third-order valence-corrected chi connectivity index (χ3v) is 2.83. The Morgan fingerprint density at radius 2 is 2.39 bits per heavy atom. The summed E-state index contributed by atoms with van der Waals surface area (Å²) >= 11 is 0. The highest BCUT2D eigenvalue weighted by atomic mass is 16.5. The fourth-order valence-corrected chi connectivity index (χ4v) is 1.65. The molecule has 0 aliphatic heterocycles. The number of aliphatic hydroxyl groups excluding tert-OH is 1. The summed E-state index contributed by atoms with van der Waals surface area (Å²) in [7, 11) is 1.63. The number of hydrogen-bond donors (Lipinski definition) is 2. The lowest BCUT2D eigenvalue weighted by atomic mass is 10.2. The third-order valence-electron chi connectivity index (χ3n) is 2.83. The van der Waals surface area contributed by atoms with E-state index in [1.54, 1.807) is 13.2 Å². The Bertz CT molecular complexity index is 363. The highest BCUT2D eigenvalue weighted by Gasteiger charge is 2.10. The first-order valence-electron chi connectivity index (χ1n) is 6.29. The van der Waals surface area contributed by atoms with E-state index in [2.05, 4.69) is 5.32 Å². The number of amides is 1. The second-order valence-corrected chi connectivity index (χ2v) is 4.19. The molecule has 0 saturated carbocycles. The maximum absolute atomic E-state index is 11.9. The molecule has 1 unspecified atom stereocenters. The predicted octanol–water partition coefficient (Wildman–Crippen LogP) is 1.03. The van der Waals surface area contributed by atoms with Crippen LogP contribution in [0.5, 0.6) is 0 Å². The molecule has 0 fully saturated rings. The summed E-state index contributed by atoms with van der Waals surface area (Å²) in [4.78, 5) is 11.9. The second kappa shape index (κ2) is 7.89. The van der Waals surface area contributed by atoms with Crippen LogP contribution in [0.3, 0.4) is 0 Å². The molecule has 0 radical (unpaired) electrons. The van der Waals surface area contributed by atoms with Gasteiger partial charge in [0.2, 0.25) is 0 Å². The van der Waals surface area contributed by atoms with E-state index in [1.165, 1.54) is 0 Å². The normalized spacial score (nSPS) is 12.4. The lowest BCUT2D eigenvalue weighted by Crippen LogP contribution is -2.29. The molecule has 0 spiro atoms. The summed E-state index contributed by atoms with van der Waals surface area (Å²) in [6.45, 7) is 3.64. The molecule has 1 aromatic heterocycles. The van der Waals surface area contributed by atoms with Crippen LogP contribution in [-0.4, -0.2) is 41.9 Å². The Kier molecular flexibility index (Phi) is 6.46. The van der Waals surface area contributed by atoms with Crippen LogP contribution >= 0.6 is 0 Å². The van der Waals surface area contributed by atoms with Crippen LogP contribution in [0.4, 0.5) is 0 Å². The van der Waals surface area contributed by atoms with Crippen molar-refractivity contribution in [1.82, 2.24) is 9.88 Å². The van der Waals surface area contributed by atoms with Crippen LogP contribution in [0.15, 0.2) is 18.3 Å². The SMILES string of the molecule is CCC(O)CCNC(=O)c1cccn1CCOC. The average Bonchev–Trinajstić information content (AvgIpc) is 2.84. The zero-order valence-electron chi connectivity index (χ0n) is 11.1. The first-order chi connectivity index (χ1) is 8.69. The number of aliphatic hydroxyl groups is 1. The lowest BCUT2D eigenvalue weighted by molar-refractivity contribution is 0.0930. The van der Waals surface area contributed by atoms with Crippen LogP contribution in [0.2, 0.25) is 0 Å². The topological polar surface area (TPSA) is 63.5 Å². The summed E-state index contributed by atoms with van der Waals surface area (Å²) in [6, 6.07) is 3.62. The van der Waals surface area contributed by atoms with Gasteiger partial charge in [0.25, 0.3) is 5.91 Å². The number of carbonyl (C=O) groups is 1. The molecule has 0 bridgehead atoms. The van der Waals surface area contributed by atoms with Crippen LogP contribution in [0.25, 0.3) is 0 Å². The molecule has 1 heterocycles. The van der Waals surface area contributed by atoms with Crippen molar-refractivity contribution in [1.29, 1.82) is 0 Å². The van der Waals surface area contributed by atoms with Gasteiger partial charge >= 0.3 is 0 Å². The van der Waals surface area contributed by atoms with E-state index in [1.807, 2.05) is 23.8 Å². The predicted molar refractivity (Wildman–Crippen MR) is 69.6 cm³/mol. The number of hydrogen-bond acceptors (Lipinski definition) is 3. The number of nitrogens with zero attached hydrogens (tertiary/aromatic N) is 1. The lowest BCUT2D eigenvalue weighted by Gasteiger charge is -2.11. The summed E-state index contributed by atoms with van der Waals surface area (Å²) in [5, 5.41) is 12.2. The third kappa shape index (κ3) is 4.50. The van der Waals surface area contributed by atoms with Crippen LogP contribution in [-0.2, 0) is 11.3 Å². The Hall–Kier alpha value is -1.33. The van der Waals surface area contributed by atoms with Crippen molar-refractivity contribution in [2.45, 2.75) is 32.4 Å². The monoisotopic (exact) mass is 254 g/mol. The molecule has 0 aliphatic carbocycles. The smallest absolute Gasteiger partial charge is 0.267 e. The molecule has 5 heteroatoms. The first kappa shape index (κ1) is 14.7. The minimum absolute atomic E-state index is 0.112. The highest BCUT2D eigenvalue weighted by Crippen LogP contribution is 2.03. The minimum Gasteiger partial charge on any atom is -0.393 e. The number of methoxy groups -OCH3 is 1. The van der Waals surface area contributed by atoms with Crippen molar-refractivity contribution < 1.29 is 14.6 Å². The summed E-state index contributed by atoms with van der Waals surface area (Å²) in [5.41, 5.74) is 0.623. The molecular weight excluding hydrogens is 232 g/mol. The van der Waals surface area contributed by atoms with Crippen LogP contribution in [0.1, 0.15) is 30.3 Å². The van der Waals surface area contributed by atoms with Crippen LogP contribution < -0.4 is 5.32 Å². The fraction of sp³-hybridized carbons (Fsp3) is 0.615. The molecule has 102 valence electrons. The van der Waals surface area contributed by atoms with Crippen molar-refractivity contribution >= 4 is 5.91 Å². The summed E-state index contributed by atoms with van der Waals surface area (Å²) in [6.07, 6.45) is 2.81. The van der Waals surface area contributed by atoms with E-state index in [4.69, 9.17) is 4.74 Å². The van der Waals surface area contributed by atoms with Gasteiger partial charge in [-0.25, -0.2) is 0 Å². The van der Waals surface area contributed by atoms with Gasteiger partial charge in [-0.2, -0.15) is 0 Å². The van der Waals surface area contributed by atoms with E-state index < -0.39 is 0 Å². The molecular formula is C13H22N2O3. The molecule has 2 N–H and O–H groups in total. The van der Waals surface area contributed by atoms with Crippen molar-refractivity contribution in [2.75, 3.05) is 20.3 Å². The van der Waals surface area contributed by atoms with Gasteiger partial charge in [-0.3, -0.25) is 4.79 Å². The van der Waals surface area contributed by atoms with E-state index in [0.29, 0.717) is 38.2 Å². The van der Waals surface area contributed by atoms with Gasteiger partial charge in [0.15, 0.2) is 0 Å². The molecule has 5 nitrogen and oxygen atoms in total. The van der Waals surface area contributed by atoms with Gasteiger partial charge < -0.3 is 19.7 Å². The first-order valence-corrected chi connectivity index (χ1v) is 6.29. The molecule has 0 saturated heterocycles. The van der Waals surface area contributed by atoms with Gasteiger partial charge in [-0.05, 0) is 25.0 Å². The van der Waals surface area contributed by atoms with E-state index >= 15 is 0 Å². The van der Waals surface area contributed by atoms with Gasteiger partial charge in [-0.1, -0.05) is 6.92 Å². The molecule has 1 amide bonds. The molecule has 0 aliphatic rings. The number of ether oxygens (including phenoxy) is 1. The van der Waals surface area contributed by atoms with Gasteiger partial charge in [0.1, 0.15) is 5.69 Å². The maximum Gasteiger partial charge on any atom is 0.267 e. The largest absolute Gasteiger partial charge is 0.393 e. The summed E-state index contributed by atoms with van der Waals surface area (Å²) < 4.78 is 6.85. The molecule has 1 rings (SSSR count). The standard InChI is InChI=1S/C13H22N2O3/c1-3-11(16)6-7-14-13(17)12-5-4-8-15(12)9-10-18-2/h4-5,8,11,16H,3,6-7,9-10H2,1-2H3,(H,14,17). The number of aromatic nitrogens is 1. The second-order valence-electron chi connectivity index (χ2n) is 4.19. The number of nitrogens with one attached hydrogen (secondary N) is 1. The van der Waals surface area contributed by atoms with Gasteiger partial charge in [-0.15, -0.1) is 0 Å². The van der Waals surface area contributed by atoms with E-state index in [-0.39, 0.29) is 12.0 Å². The Morgan fingerprint density at radius 3 is 3.06 bits per heavy atom. The average molecular weight is 254 g/mol. The Labute approximate surface area is 108 Å². The number of carbonyl (C=O) groups excluding carboxylic acids is 1. The van der Waals surface area contributed by atoms with E-state index in [9.17, 15) is 9.90 Å². The zero-order chi connectivity index (χ0) is 13.4. The van der Waals surface area contributed by atoms with Crippen molar-refractivity contribution in [2.24, 2.45) is 0 Å². The quantitative estimate of drug-likeness (QED) is 0.728. The van der Waals surface area contributed by atoms with Gasteiger partial charge in [0, 0.05) is 26.4 Å². The van der Waals surface area contributed by atoms with Crippen LogP contribution in [0, 0.1) is 0 Å². The Balaban J connectivity index is 2.43. The Morgan fingerprint density at radius 1 is 1.61 bits per heavy atom. The van der Waals surface area contributed by atoms with E-state index in [0.717, 1.165) is 0 Å². The molecule has 1 aromatic rings. The molecule has 0 aromatic carbocycles. The van der Waals surface area contributed by atoms with Crippen molar-refractivity contribution in [3.8, 4) is 0 Å². The molecule has 1 atom stereocenters. The highest BCUT2D eigenvalue weighted by molar-refractivity contribution is 5.92. The maximum atomic E-state index is 11.9. The van der Waals surface area contributed by atoms with Gasteiger partial charge in [0.05, 0.1) is 12.7 Å². The molecule has 18 heavy (non-hydrogen) atoms. The fourth-order valence-electron chi connectivity index (χ4n) is 1.65. The number of rotatable bonds is 8. The minimum atomic E-state index is -0.342. The van der Waals surface area contributed by atoms with Crippen molar-refractivity contribution in [3.05, 3.63) is 24.0 Å². The van der Waals surface area contributed by atoms with Crippen molar-refractivity contribution in [3.63, 3.8) is 0 Å².